The van der Waals surface area contributed by atoms with Crippen LogP contribution in [-0.2, 0) is 28.7 Å². The lowest BCUT2D eigenvalue weighted by Crippen LogP contribution is -2.10. The molecular weight excluding hydrogens is 511 g/mol. The molecule has 0 aliphatic heterocycles. The highest BCUT2D eigenvalue weighted by atomic mass is 32.2. The molecule has 0 radical (unpaired) electrons. The predicted octanol–water partition coefficient (Wildman–Crippen LogP) is 10.0. The maximum atomic E-state index is 5.49. The minimum atomic E-state index is -1.94. The monoisotopic (exact) mass is 562 g/mol. The largest absolute Gasteiger partial charge is 0.421 e. The molecule has 0 rings (SSSR count). The van der Waals surface area contributed by atoms with Crippen molar-refractivity contribution in [2.24, 2.45) is 0 Å². The van der Waals surface area contributed by atoms with E-state index < -0.39 is 8.60 Å². The zero-order chi connectivity index (χ0) is 25.3. The molecule has 0 saturated heterocycles. The van der Waals surface area contributed by atoms with E-state index >= 15 is 0 Å². The Kier molecular flexibility index (Phi) is 28.3. The minimum Gasteiger partial charge on any atom is -0.214 e. The maximum absolute atomic E-state index is 5.49. The van der Waals surface area contributed by atoms with Crippen LogP contribution in [0.25, 0.3) is 0 Å². The van der Waals surface area contributed by atoms with Crippen molar-refractivity contribution in [1.82, 2.24) is 0 Å². The van der Waals surface area contributed by atoms with Crippen LogP contribution < -0.4 is 0 Å². The van der Waals surface area contributed by atoms with Crippen LogP contribution in [0.3, 0.4) is 0 Å². The fourth-order valence-corrected chi connectivity index (χ4v) is 5.98. The highest BCUT2D eigenvalue weighted by molar-refractivity contribution is 8.00. The summed E-state index contributed by atoms with van der Waals surface area (Å²) in [7, 11) is -1.94. The van der Waals surface area contributed by atoms with Gasteiger partial charge in [-0.05, 0) is 57.3 Å². The Morgan fingerprint density at radius 2 is 0.765 bits per heavy atom. The first-order valence-corrected chi connectivity index (χ1v) is 17.4. The molecule has 0 bridgehead atoms. The minimum absolute atomic E-state index is 0.130. The van der Waals surface area contributed by atoms with Gasteiger partial charge in [-0.25, -0.2) is 14.7 Å². The summed E-state index contributed by atoms with van der Waals surface area (Å²) >= 11 is 5.14. The molecule has 0 aromatic carbocycles. The van der Waals surface area contributed by atoms with Crippen molar-refractivity contribution >= 4 is 43.9 Å². The molecule has 34 heavy (non-hydrogen) atoms. The molecule has 0 N–H and O–H groups in total. The van der Waals surface area contributed by atoms with Gasteiger partial charge in [-0.3, -0.25) is 0 Å². The third-order valence-corrected chi connectivity index (χ3v) is 8.61. The average Bonchev–Trinajstić information content (AvgIpc) is 2.83. The van der Waals surface area contributed by atoms with Gasteiger partial charge < -0.3 is 0 Å². The van der Waals surface area contributed by atoms with E-state index in [-0.39, 0.29) is 16.3 Å². The quantitative estimate of drug-likeness (QED) is 0.0320. The highest BCUT2D eigenvalue weighted by Crippen LogP contribution is 2.43. The topological polar surface area (TPSA) is 55.4 Å². The second-order valence-electron chi connectivity index (χ2n) is 8.23. The van der Waals surface area contributed by atoms with Crippen LogP contribution in [0.4, 0.5) is 0 Å². The standard InChI is InChI=1S/C24H51O6PS3/c1-7-10-13-16-19-32-22(4)25-28-31(29-26-23(5)33-20-17-14-11-8-2)30-27-24(6)34-21-18-15-12-9-3/h22-24H,7-21H2,1-6H3. The molecule has 206 valence electrons. The van der Waals surface area contributed by atoms with Crippen LogP contribution in [0.1, 0.15) is 119 Å². The van der Waals surface area contributed by atoms with Crippen LogP contribution >= 0.6 is 43.9 Å². The Labute approximate surface area is 224 Å². The van der Waals surface area contributed by atoms with E-state index in [1.807, 2.05) is 20.8 Å². The second kappa shape index (κ2) is 27.3. The lowest BCUT2D eigenvalue weighted by molar-refractivity contribution is -0.317. The van der Waals surface area contributed by atoms with Gasteiger partial charge in [0.2, 0.25) is 0 Å². The van der Waals surface area contributed by atoms with E-state index in [1.165, 1.54) is 77.0 Å². The van der Waals surface area contributed by atoms with Gasteiger partial charge in [-0.15, -0.1) is 49.3 Å². The van der Waals surface area contributed by atoms with Crippen molar-refractivity contribution in [3.05, 3.63) is 0 Å². The van der Waals surface area contributed by atoms with Gasteiger partial charge in [-0.2, -0.15) is 0 Å². The van der Waals surface area contributed by atoms with E-state index in [2.05, 4.69) is 20.8 Å². The SMILES string of the molecule is CCCCCCSC(C)OOP(OOC(C)SCCCCCC)OOC(C)SCCCCCC. The first-order chi connectivity index (χ1) is 16.5. The van der Waals surface area contributed by atoms with Gasteiger partial charge in [0.1, 0.15) is 16.3 Å². The summed E-state index contributed by atoms with van der Waals surface area (Å²) in [4.78, 5) is 16.5. The van der Waals surface area contributed by atoms with Crippen molar-refractivity contribution in [1.29, 1.82) is 0 Å². The first-order valence-electron chi connectivity index (χ1n) is 13.2. The van der Waals surface area contributed by atoms with Crippen LogP contribution in [0, 0.1) is 0 Å². The van der Waals surface area contributed by atoms with E-state index in [4.69, 9.17) is 28.7 Å². The molecule has 0 amide bonds. The molecule has 0 aromatic rings. The average molecular weight is 563 g/mol. The fraction of sp³-hybridized carbons (Fsp3) is 1.00. The molecule has 0 aliphatic carbocycles. The zero-order valence-electron chi connectivity index (χ0n) is 22.5. The molecular formula is C24H51O6PS3. The Morgan fingerprint density at radius 1 is 0.471 bits per heavy atom. The first kappa shape index (κ1) is 35.2. The van der Waals surface area contributed by atoms with Gasteiger partial charge in [0, 0.05) is 0 Å². The number of hydrogen-bond donors (Lipinski definition) is 0. The zero-order valence-corrected chi connectivity index (χ0v) is 25.8. The van der Waals surface area contributed by atoms with E-state index in [9.17, 15) is 0 Å². The van der Waals surface area contributed by atoms with E-state index in [0.717, 1.165) is 17.3 Å². The number of thioether (sulfide) groups is 3. The summed E-state index contributed by atoms with van der Waals surface area (Å²) in [5, 5.41) is 0. The lowest BCUT2D eigenvalue weighted by atomic mass is 10.2. The van der Waals surface area contributed by atoms with Crippen molar-refractivity contribution in [3.8, 4) is 0 Å². The van der Waals surface area contributed by atoms with Crippen molar-refractivity contribution < 1.29 is 28.7 Å². The fourth-order valence-electron chi connectivity index (χ4n) is 2.74. The summed E-state index contributed by atoms with van der Waals surface area (Å²) in [5.41, 5.74) is -0.390. The Bertz CT molecular complexity index is 358. The molecule has 0 heterocycles. The van der Waals surface area contributed by atoms with Gasteiger partial charge in [0.05, 0.1) is 0 Å². The number of hydrogen-bond acceptors (Lipinski definition) is 9. The lowest BCUT2D eigenvalue weighted by Gasteiger charge is -2.19. The second-order valence-corrected chi connectivity index (χ2v) is 13.3. The maximum Gasteiger partial charge on any atom is 0.421 e. The third kappa shape index (κ3) is 24.9. The van der Waals surface area contributed by atoms with Crippen LogP contribution in [0.5, 0.6) is 0 Å². The van der Waals surface area contributed by atoms with Crippen molar-refractivity contribution in [3.63, 3.8) is 0 Å². The van der Waals surface area contributed by atoms with Gasteiger partial charge in [0.15, 0.2) is 0 Å². The molecule has 10 heteroatoms. The smallest absolute Gasteiger partial charge is 0.214 e. The molecule has 0 spiro atoms. The van der Waals surface area contributed by atoms with Gasteiger partial charge in [-0.1, -0.05) is 78.6 Å². The molecule has 0 saturated carbocycles. The van der Waals surface area contributed by atoms with Crippen molar-refractivity contribution in [2.45, 2.75) is 135 Å². The Hall–Kier alpha value is 1.24. The molecule has 0 aromatic heterocycles. The summed E-state index contributed by atoms with van der Waals surface area (Å²) in [6, 6.07) is 0. The van der Waals surface area contributed by atoms with Crippen molar-refractivity contribution in [2.75, 3.05) is 17.3 Å². The molecule has 6 nitrogen and oxygen atoms in total. The third-order valence-electron chi connectivity index (χ3n) is 4.77. The summed E-state index contributed by atoms with van der Waals surface area (Å²) < 4.78 is 16.3. The van der Waals surface area contributed by atoms with Gasteiger partial charge >= 0.3 is 8.60 Å². The Morgan fingerprint density at radius 3 is 1.03 bits per heavy atom. The predicted molar refractivity (Wildman–Crippen MR) is 152 cm³/mol. The molecule has 3 unspecified atom stereocenters. The Balaban J connectivity index is 4.31. The summed E-state index contributed by atoms with van der Waals surface area (Å²) in [5.74, 6) is 3.11. The van der Waals surface area contributed by atoms with E-state index in [1.54, 1.807) is 35.3 Å². The normalized spacial score (nSPS) is 15.4. The molecule has 0 fully saturated rings. The van der Waals surface area contributed by atoms with Crippen LogP contribution in [0.2, 0.25) is 0 Å². The number of rotatable bonds is 27. The summed E-state index contributed by atoms with van der Waals surface area (Å²) in [6.45, 7) is 12.5. The molecule has 3 atom stereocenters. The highest BCUT2D eigenvalue weighted by Gasteiger charge is 2.22. The van der Waals surface area contributed by atoms with E-state index in [0.29, 0.717) is 0 Å². The van der Waals surface area contributed by atoms with Crippen LogP contribution in [-0.4, -0.2) is 33.6 Å². The number of unbranched alkanes of at least 4 members (excludes halogenated alkanes) is 9. The van der Waals surface area contributed by atoms with Gasteiger partial charge in [0.25, 0.3) is 0 Å². The summed E-state index contributed by atoms with van der Waals surface area (Å²) in [6.07, 6.45) is 14.8. The van der Waals surface area contributed by atoms with Crippen LogP contribution in [0.15, 0.2) is 0 Å². The molecule has 0 aliphatic rings.